The molecule has 0 aliphatic carbocycles. The fraction of sp³-hybridized carbons (Fsp3) is 0.478. The lowest BCUT2D eigenvalue weighted by Gasteiger charge is -2.44. The Morgan fingerprint density at radius 1 is 0.929 bits per heavy atom. The van der Waals surface area contributed by atoms with E-state index in [1.165, 1.54) is 10.4 Å². The first kappa shape index (κ1) is 22.8. The zero-order valence-electron chi connectivity index (χ0n) is 17.7. The van der Waals surface area contributed by atoms with E-state index < -0.39 is 8.32 Å². The summed E-state index contributed by atoms with van der Waals surface area (Å²) >= 11 is 0. The molecule has 0 unspecified atom stereocenters. The molecule has 0 saturated carbocycles. The van der Waals surface area contributed by atoms with Gasteiger partial charge in [0.15, 0.2) is 0 Å². The van der Waals surface area contributed by atoms with Gasteiger partial charge in [0.25, 0.3) is 8.32 Å². The van der Waals surface area contributed by atoms with E-state index in [0.717, 1.165) is 0 Å². The normalized spacial score (nSPS) is 14.6. The van der Waals surface area contributed by atoms with Crippen molar-refractivity contribution >= 4 is 18.7 Å². The molecule has 154 valence electrons. The highest BCUT2D eigenvalue weighted by Gasteiger charge is 2.50. The Bertz CT molecular complexity index is 645. The molecule has 2 atom stereocenters. The monoisotopic (exact) mass is 402 g/mol. The molecule has 0 amide bonds. The highest BCUT2D eigenvalue weighted by atomic mass is 28.4. The first-order valence-corrected chi connectivity index (χ1v) is 11.7. The first-order chi connectivity index (χ1) is 13.4. The van der Waals surface area contributed by atoms with Crippen LogP contribution in [0.15, 0.2) is 60.7 Å². The van der Waals surface area contributed by atoms with Crippen LogP contribution < -0.4 is 10.4 Å². The summed E-state index contributed by atoms with van der Waals surface area (Å²) in [6, 6.07) is 21.1. The molecule has 0 fully saturated rings. The SMILES string of the molecule is COCO[C@H](CO)[C@H](C)CO[Si](c1ccccc1)(c1ccccc1)C(C)(C)C. The summed E-state index contributed by atoms with van der Waals surface area (Å²) in [5.41, 5.74) is 0. The largest absolute Gasteiger partial charge is 0.407 e. The summed E-state index contributed by atoms with van der Waals surface area (Å²) in [4.78, 5) is 0. The maximum atomic E-state index is 9.72. The Labute approximate surface area is 170 Å². The molecule has 5 heteroatoms. The number of methoxy groups -OCH3 is 1. The number of aliphatic hydroxyl groups excluding tert-OH is 1. The quantitative estimate of drug-likeness (QED) is 0.490. The van der Waals surface area contributed by atoms with Crippen LogP contribution in [0, 0.1) is 5.92 Å². The average Bonchev–Trinajstić information content (AvgIpc) is 2.69. The van der Waals surface area contributed by atoms with Crippen LogP contribution in [0.5, 0.6) is 0 Å². The molecule has 0 spiro atoms. The third-order valence-corrected chi connectivity index (χ3v) is 10.2. The highest BCUT2D eigenvalue weighted by molar-refractivity contribution is 6.99. The second kappa shape index (κ2) is 10.3. The van der Waals surface area contributed by atoms with Crippen molar-refractivity contribution in [1.29, 1.82) is 0 Å². The maximum absolute atomic E-state index is 9.72. The van der Waals surface area contributed by atoms with E-state index in [1.54, 1.807) is 7.11 Å². The van der Waals surface area contributed by atoms with Crippen molar-refractivity contribution in [3.63, 3.8) is 0 Å². The van der Waals surface area contributed by atoms with E-state index in [-0.39, 0.29) is 30.5 Å². The zero-order valence-corrected chi connectivity index (χ0v) is 18.7. The Hall–Kier alpha value is -1.50. The Morgan fingerprint density at radius 3 is 1.82 bits per heavy atom. The van der Waals surface area contributed by atoms with Crippen LogP contribution in [0.4, 0.5) is 0 Å². The van der Waals surface area contributed by atoms with Gasteiger partial charge in [0.1, 0.15) is 6.79 Å². The molecule has 2 rings (SSSR count). The minimum absolute atomic E-state index is 0.0294. The van der Waals surface area contributed by atoms with Crippen LogP contribution in [0.3, 0.4) is 0 Å². The molecule has 0 radical (unpaired) electrons. The minimum atomic E-state index is -2.57. The average molecular weight is 403 g/mol. The molecular formula is C23H34O4Si. The topological polar surface area (TPSA) is 47.9 Å². The minimum Gasteiger partial charge on any atom is -0.407 e. The van der Waals surface area contributed by atoms with Gasteiger partial charge in [-0.1, -0.05) is 88.4 Å². The van der Waals surface area contributed by atoms with E-state index in [9.17, 15) is 5.11 Å². The van der Waals surface area contributed by atoms with Crippen molar-refractivity contribution in [2.45, 2.75) is 38.8 Å². The fourth-order valence-electron chi connectivity index (χ4n) is 3.68. The molecule has 0 aliphatic heterocycles. The summed E-state index contributed by atoms with van der Waals surface area (Å²) in [5.74, 6) is 0.0294. The third-order valence-electron chi connectivity index (χ3n) is 5.19. The van der Waals surface area contributed by atoms with Gasteiger partial charge in [-0.05, 0) is 15.4 Å². The molecule has 1 N–H and O–H groups in total. The van der Waals surface area contributed by atoms with Crippen molar-refractivity contribution in [2.75, 3.05) is 27.1 Å². The summed E-state index contributed by atoms with van der Waals surface area (Å²) in [6.07, 6.45) is -0.321. The van der Waals surface area contributed by atoms with Gasteiger partial charge in [-0.2, -0.15) is 0 Å². The van der Waals surface area contributed by atoms with Crippen LogP contribution in [0.25, 0.3) is 0 Å². The van der Waals surface area contributed by atoms with Crippen molar-refractivity contribution < 1.29 is 19.0 Å². The predicted octanol–water partition coefficient (Wildman–Crippen LogP) is 3.18. The molecule has 0 heterocycles. The zero-order chi connectivity index (χ0) is 20.6. The van der Waals surface area contributed by atoms with Crippen LogP contribution in [0.1, 0.15) is 27.7 Å². The molecular weight excluding hydrogens is 368 g/mol. The van der Waals surface area contributed by atoms with Gasteiger partial charge in [-0.3, -0.25) is 0 Å². The van der Waals surface area contributed by atoms with Crippen LogP contribution >= 0.6 is 0 Å². The standard InChI is InChI=1S/C23H34O4Si/c1-19(22(16-24)26-18-25-5)17-27-28(23(2,3)4,20-12-8-6-9-13-20)21-14-10-7-11-15-21/h6-15,19,22,24H,16-18H2,1-5H3/t19-,22-/m1/s1. The summed E-state index contributed by atoms with van der Waals surface area (Å²) in [5, 5.41) is 12.1. The second-order valence-electron chi connectivity index (χ2n) is 8.25. The van der Waals surface area contributed by atoms with Crippen LogP contribution in [-0.2, 0) is 13.9 Å². The van der Waals surface area contributed by atoms with Crippen molar-refractivity contribution in [3.8, 4) is 0 Å². The van der Waals surface area contributed by atoms with E-state index in [1.807, 2.05) is 19.1 Å². The van der Waals surface area contributed by atoms with Gasteiger partial charge in [-0.15, -0.1) is 0 Å². The van der Waals surface area contributed by atoms with E-state index in [4.69, 9.17) is 13.9 Å². The van der Waals surface area contributed by atoms with Crippen LogP contribution in [-0.4, -0.2) is 46.6 Å². The number of hydrogen-bond donors (Lipinski definition) is 1. The highest BCUT2D eigenvalue weighted by Crippen LogP contribution is 2.37. The van der Waals surface area contributed by atoms with Crippen molar-refractivity contribution in [1.82, 2.24) is 0 Å². The molecule has 0 aromatic heterocycles. The number of hydrogen-bond acceptors (Lipinski definition) is 4. The Kier molecular flexibility index (Phi) is 8.40. The smallest absolute Gasteiger partial charge is 0.261 e. The molecule has 0 saturated heterocycles. The number of aliphatic hydroxyl groups is 1. The maximum Gasteiger partial charge on any atom is 0.261 e. The van der Waals surface area contributed by atoms with E-state index >= 15 is 0 Å². The third kappa shape index (κ3) is 5.10. The number of rotatable bonds is 10. The first-order valence-electron chi connectivity index (χ1n) is 9.83. The van der Waals surface area contributed by atoms with E-state index in [2.05, 4.69) is 69.3 Å². The van der Waals surface area contributed by atoms with E-state index in [0.29, 0.717) is 6.61 Å². The lowest BCUT2D eigenvalue weighted by Crippen LogP contribution is -2.67. The van der Waals surface area contributed by atoms with Gasteiger partial charge in [0.2, 0.25) is 0 Å². The predicted molar refractivity (Wildman–Crippen MR) is 117 cm³/mol. The lowest BCUT2D eigenvalue weighted by molar-refractivity contribution is -0.109. The lowest BCUT2D eigenvalue weighted by atomic mass is 10.1. The summed E-state index contributed by atoms with van der Waals surface area (Å²) < 4.78 is 17.5. The van der Waals surface area contributed by atoms with Crippen molar-refractivity contribution in [2.24, 2.45) is 5.92 Å². The van der Waals surface area contributed by atoms with Gasteiger partial charge in [0.05, 0.1) is 12.7 Å². The number of benzene rings is 2. The summed E-state index contributed by atoms with van der Waals surface area (Å²) in [7, 11) is -0.989. The second-order valence-corrected chi connectivity index (χ2v) is 12.6. The summed E-state index contributed by atoms with van der Waals surface area (Å²) in [6.45, 7) is 9.43. The van der Waals surface area contributed by atoms with Gasteiger partial charge >= 0.3 is 0 Å². The van der Waals surface area contributed by atoms with Gasteiger partial charge in [0, 0.05) is 19.6 Å². The van der Waals surface area contributed by atoms with Gasteiger partial charge < -0.3 is 19.0 Å². The molecule has 28 heavy (non-hydrogen) atoms. The van der Waals surface area contributed by atoms with Gasteiger partial charge in [-0.25, -0.2) is 0 Å². The molecule has 0 aliphatic rings. The molecule has 0 bridgehead atoms. The van der Waals surface area contributed by atoms with Crippen LogP contribution in [0.2, 0.25) is 5.04 Å². The van der Waals surface area contributed by atoms with Crippen molar-refractivity contribution in [3.05, 3.63) is 60.7 Å². The fourth-order valence-corrected chi connectivity index (χ4v) is 8.35. The molecule has 2 aromatic carbocycles. The molecule has 2 aromatic rings. The number of ether oxygens (including phenoxy) is 2. The Balaban J connectivity index is 2.41. The Morgan fingerprint density at radius 2 is 1.43 bits per heavy atom. The molecule has 4 nitrogen and oxygen atoms in total.